The zero-order chi connectivity index (χ0) is 14.9. The molecule has 0 aromatic heterocycles. The van der Waals surface area contributed by atoms with Gasteiger partial charge < -0.3 is 18.9 Å². The SMILES string of the molecule is COC(=O)C1=C(C(=O)OC)[C@@]2(OC)C=C[C@@H]1C(OC)=N2. The van der Waals surface area contributed by atoms with Crippen LogP contribution in [-0.4, -0.2) is 52.0 Å². The number of dihydropyridines is 1. The van der Waals surface area contributed by atoms with Gasteiger partial charge in [0, 0.05) is 7.11 Å². The van der Waals surface area contributed by atoms with Gasteiger partial charge >= 0.3 is 11.9 Å². The number of hydrogen-bond donors (Lipinski definition) is 0. The summed E-state index contributed by atoms with van der Waals surface area (Å²) in [5.41, 5.74) is -1.28. The molecular formula is C13H15NO6. The Morgan fingerprint density at radius 3 is 2.30 bits per heavy atom. The molecule has 2 heterocycles. The van der Waals surface area contributed by atoms with E-state index in [0.29, 0.717) is 0 Å². The van der Waals surface area contributed by atoms with Crippen molar-refractivity contribution in [3.05, 3.63) is 23.3 Å². The first-order valence-corrected chi connectivity index (χ1v) is 5.84. The van der Waals surface area contributed by atoms with Crippen molar-refractivity contribution in [3.8, 4) is 0 Å². The third-order valence-corrected chi connectivity index (χ3v) is 3.31. The van der Waals surface area contributed by atoms with Crippen molar-refractivity contribution in [2.75, 3.05) is 28.4 Å². The van der Waals surface area contributed by atoms with E-state index < -0.39 is 23.6 Å². The Bertz CT molecular complexity index is 547. The molecule has 0 N–H and O–H groups in total. The highest BCUT2D eigenvalue weighted by molar-refractivity contribution is 6.09. The zero-order valence-electron chi connectivity index (χ0n) is 11.6. The van der Waals surface area contributed by atoms with Crippen molar-refractivity contribution in [2.45, 2.75) is 5.72 Å². The van der Waals surface area contributed by atoms with Gasteiger partial charge in [-0.3, -0.25) is 0 Å². The molecule has 108 valence electrons. The van der Waals surface area contributed by atoms with Gasteiger partial charge in [0.05, 0.1) is 32.8 Å². The van der Waals surface area contributed by atoms with E-state index in [2.05, 4.69) is 4.99 Å². The van der Waals surface area contributed by atoms with E-state index in [4.69, 9.17) is 18.9 Å². The first-order chi connectivity index (χ1) is 9.54. The van der Waals surface area contributed by atoms with Crippen LogP contribution in [0.3, 0.4) is 0 Å². The van der Waals surface area contributed by atoms with Gasteiger partial charge in [-0.1, -0.05) is 6.08 Å². The lowest BCUT2D eigenvalue weighted by molar-refractivity contribution is -0.142. The molecule has 2 aliphatic heterocycles. The number of carbonyl (C=O) groups is 2. The minimum absolute atomic E-state index is 0.0163. The molecule has 7 nitrogen and oxygen atoms in total. The highest BCUT2D eigenvalue weighted by atomic mass is 16.5. The third-order valence-electron chi connectivity index (χ3n) is 3.31. The van der Waals surface area contributed by atoms with Crippen LogP contribution in [-0.2, 0) is 28.5 Å². The highest BCUT2D eigenvalue weighted by Crippen LogP contribution is 2.42. The second kappa shape index (κ2) is 5.09. The summed E-state index contributed by atoms with van der Waals surface area (Å²) in [6.07, 6.45) is 3.28. The summed E-state index contributed by atoms with van der Waals surface area (Å²) in [6.45, 7) is 0. The molecule has 3 rings (SSSR count). The maximum absolute atomic E-state index is 12.0. The van der Waals surface area contributed by atoms with E-state index >= 15 is 0 Å². The Hall–Kier alpha value is -2.15. The number of aliphatic imine (C=N–C) groups is 1. The lowest BCUT2D eigenvalue weighted by atomic mass is 9.79. The van der Waals surface area contributed by atoms with Gasteiger partial charge in [-0.05, 0) is 6.08 Å². The number of methoxy groups -OCH3 is 4. The molecule has 3 aliphatic rings. The predicted molar refractivity (Wildman–Crippen MR) is 67.9 cm³/mol. The topological polar surface area (TPSA) is 83.4 Å². The van der Waals surface area contributed by atoms with E-state index in [-0.39, 0.29) is 17.0 Å². The van der Waals surface area contributed by atoms with Crippen LogP contribution in [0.2, 0.25) is 0 Å². The van der Waals surface area contributed by atoms with Gasteiger partial charge in [-0.15, -0.1) is 0 Å². The van der Waals surface area contributed by atoms with Crippen molar-refractivity contribution in [1.82, 2.24) is 0 Å². The second-order valence-corrected chi connectivity index (χ2v) is 4.16. The van der Waals surface area contributed by atoms with Crippen LogP contribution >= 0.6 is 0 Å². The van der Waals surface area contributed by atoms with Crippen molar-refractivity contribution in [1.29, 1.82) is 0 Å². The van der Waals surface area contributed by atoms with Crippen LogP contribution in [0.25, 0.3) is 0 Å². The predicted octanol–water partition coefficient (Wildman–Crippen LogP) is 0.216. The number of esters is 2. The Balaban J connectivity index is 2.67. The molecule has 0 saturated heterocycles. The maximum atomic E-state index is 12.0. The fourth-order valence-corrected chi connectivity index (χ4v) is 2.37. The average molecular weight is 281 g/mol. The summed E-state index contributed by atoms with van der Waals surface area (Å²) >= 11 is 0. The number of hydrogen-bond acceptors (Lipinski definition) is 7. The lowest BCUT2D eigenvalue weighted by Gasteiger charge is -2.38. The van der Waals surface area contributed by atoms with Gasteiger partial charge in [0.15, 0.2) is 5.90 Å². The molecule has 7 heteroatoms. The fraction of sp³-hybridized carbons (Fsp3) is 0.462. The molecule has 0 aromatic rings. The van der Waals surface area contributed by atoms with E-state index in [1.54, 1.807) is 12.2 Å². The highest BCUT2D eigenvalue weighted by Gasteiger charge is 2.51. The Labute approximate surface area is 115 Å². The lowest BCUT2D eigenvalue weighted by Crippen LogP contribution is -2.47. The molecule has 0 aromatic carbocycles. The molecule has 0 fully saturated rings. The Morgan fingerprint density at radius 1 is 1.15 bits per heavy atom. The minimum Gasteiger partial charge on any atom is -0.484 e. The zero-order valence-corrected chi connectivity index (χ0v) is 11.6. The monoisotopic (exact) mass is 281 g/mol. The normalized spacial score (nSPS) is 27.2. The van der Waals surface area contributed by atoms with Crippen LogP contribution in [0.1, 0.15) is 0 Å². The molecule has 0 unspecified atom stereocenters. The first-order valence-electron chi connectivity index (χ1n) is 5.84. The van der Waals surface area contributed by atoms with Crippen molar-refractivity contribution in [3.63, 3.8) is 0 Å². The van der Waals surface area contributed by atoms with Gasteiger partial charge in [0.25, 0.3) is 0 Å². The minimum atomic E-state index is -1.42. The van der Waals surface area contributed by atoms with E-state index in [1.807, 2.05) is 0 Å². The molecule has 20 heavy (non-hydrogen) atoms. The quantitative estimate of drug-likeness (QED) is 0.543. The van der Waals surface area contributed by atoms with Gasteiger partial charge in [0.2, 0.25) is 5.72 Å². The molecule has 0 radical (unpaired) electrons. The first kappa shape index (κ1) is 14.3. The van der Waals surface area contributed by atoms with Crippen LogP contribution in [0.15, 0.2) is 28.3 Å². The van der Waals surface area contributed by atoms with Crippen LogP contribution in [0.4, 0.5) is 0 Å². The van der Waals surface area contributed by atoms with Gasteiger partial charge in [-0.25, -0.2) is 14.6 Å². The summed E-state index contributed by atoms with van der Waals surface area (Å²) in [6, 6.07) is 0. The third kappa shape index (κ3) is 1.82. The van der Waals surface area contributed by atoms with Crippen LogP contribution in [0, 0.1) is 5.92 Å². The van der Waals surface area contributed by atoms with Crippen molar-refractivity contribution in [2.24, 2.45) is 10.9 Å². The van der Waals surface area contributed by atoms with E-state index in [1.165, 1.54) is 28.4 Å². The molecular weight excluding hydrogens is 266 g/mol. The molecule has 2 bridgehead atoms. The Kier molecular flexibility index (Phi) is 3.63. The number of carbonyl (C=O) groups excluding carboxylic acids is 2. The number of rotatable bonds is 3. The maximum Gasteiger partial charge on any atom is 0.339 e. The van der Waals surface area contributed by atoms with Crippen LogP contribution in [0.5, 0.6) is 0 Å². The molecule has 0 spiro atoms. The molecule has 2 atom stereocenters. The van der Waals surface area contributed by atoms with Gasteiger partial charge in [-0.2, -0.15) is 0 Å². The number of ether oxygens (including phenoxy) is 4. The summed E-state index contributed by atoms with van der Waals surface area (Å²) in [4.78, 5) is 28.3. The number of nitrogens with zero attached hydrogens (tertiary/aromatic N) is 1. The second-order valence-electron chi connectivity index (χ2n) is 4.16. The molecule has 0 amide bonds. The summed E-state index contributed by atoms with van der Waals surface area (Å²) < 4.78 is 20.0. The Morgan fingerprint density at radius 2 is 1.80 bits per heavy atom. The van der Waals surface area contributed by atoms with E-state index in [9.17, 15) is 9.59 Å². The smallest absolute Gasteiger partial charge is 0.339 e. The standard InChI is InChI=1S/C13H15NO6/c1-17-10-7-5-6-13(14-10,20-4)9(12(16)19-3)8(7)11(15)18-2/h5-7H,1-4H3/t7-,13-/m0/s1. The van der Waals surface area contributed by atoms with Crippen LogP contribution < -0.4 is 0 Å². The summed E-state index contributed by atoms with van der Waals surface area (Å²) in [7, 11) is 5.27. The summed E-state index contributed by atoms with van der Waals surface area (Å²) in [5, 5.41) is 0. The van der Waals surface area contributed by atoms with E-state index in [0.717, 1.165) is 0 Å². The fourth-order valence-electron chi connectivity index (χ4n) is 2.37. The van der Waals surface area contributed by atoms with Crippen molar-refractivity contribution >= 4 is 17.8 Å². The molecule has 0 saturated carbocycles. The molecule has 1 aliphatic carbocycles. The summed E-state index contributed by atoms with van der Waals surface area (Å²) in [5.74, 6) is -1.65. The van der Waals surface area contributed by atoms with Gasteiger partial charge in [0.1, 0.15) is 5.57 Å². The largest absolute Gasteiger partial charge is 0.484 e. The van der Waals surface area contributed by atoms with Crippen molar-refractivity contribution < 1.29 is 28.5 Å². The average Bonchev–Trinajstić information content (AvgIpc) is 2.52.